The number of rotatable bonds is 4. The fourth-order valence-corrected chi connectivity index (χ4v) is 3.26. The maximum atomic E-state index is 12.3. The van der Waals surface area contributed by atoms with Crippen LogP contribution in [0.25, 0.3) is 0 Å². The Labute approximate surface area is 126 Å². The van der Waals surface area contributed by atoms with Crippen molar-refractivity contribution in [2.45, 2.75) is 25.3 Å². The molecular formula is C17H24N2O2. The predicted molar refractivity (Wildman–Crippen MR) is 82.1 cm³/mol. The first-order chi connectivity index (χ1) is 10.3. The molecule has 2 aliphatic rings. The quantitative estimate of drug-likeness (QED) is 0.912. The van der Waals surface area contributed by atoms with E-state index in [9.17, 15) is 4.79 Å². The molecule has 4 nitrogen and oxygen atoms in total. The van der Waals surface area contributed by atoms with E-state index in [4.69, 9.17) is 4.74 Å². The summed E-state index contributed by atoms with van der Waals surface area (Å²) >= 11 is 0. The van der Waals surface area contributed by atoms with E-state index in [2.05, 4.69) is 29.6 Å². The summed E-state index contributed by atoms with van der Waals surface area (Å²) in [5, 5.41) is 3.35. The molecule has 1 aromatic rings. The molecule has 4 heteroatoms. The molecule has 21 heavy (non-hydrogen) atoms. The molecule has 114 valence electrons. The number of carbonyl (C=O) groups is 1. The van der Waals surface area contributed by atoms with Gasteiger partial charge in [0.25, 0.3) is 0 Å². The van der Waals surface area contributed by atoms with E-state index in [0.717, 1.165) is 39.1 Å². The van der Waals surface area contributed by atoms with E-state index in [0.29, 0.717) is 18.9 Å². The van der Waals surface area contributed by atoms with Gasteiger partial charge in [-0.1, -0.05) is 30.3 Å². The Hall–Kier alpha value is -1.39. The van der Waals surface area contributed by atoms with Crippen LogP contribution in [0.4, 0.5) is 0 Å². The summed E-state index contributed by atoms with van der Waals surface area (Å²) in [4.78, 5) is 14.4. The largest absolute Gasteiger partial charge is 0.378 e. The van der Waals surface area contributed by atoms with Crippen LogP contribution in [0.5, 0.6) is 0 Å². The summed E-state index contributed by atoms with van der Waals surface area (Å²) in [6.07, 6.45) is 2.77. The standard InChI is InChI=1S/C17H24N2O2/c20-17(11-16-13-21-9-7-18-16)19-8-6-15(12-19)10-14-4-2-1-3-5-14/h1-5,15-16,18H,6-13H2. The van der Waals surface area contributed by atoms with Crippen molar-refractivity contribution in [3.8, 4) is 0 Å². The number of benzene rings is 1. The van der Waals surface area contributed by atoms with Crippen molar-refractivity contribution in [1.29, 1.82) is 0 Å². The SMILES string of the molecule is O=C(CC1COCCN1)N1CCC(Cc2ccccc2)C1. The Morgan fingerprint density at radius 2 is 2.19 bits per heavy atom. The van der Waals surface area contributed by atoms with E-state index in [1.807, 2.05) is 11.0 Å². The summed E-state index contributed by atoms with van der Waals surface area (Å²) in [7, 11) is 0. The van der Waals surface area contributed by atoms with Gasteiger partial charge in [-0.3, -0.25) is 4.79 Å². The Bertz CT molecular complexity index is 457. The van der Waals surface area contributed by atoms with E-state index in [1.54, 1.807) is 0 Å². The second-order valence-corrected chi connectivity index (χ2v) is 6.11. The highest BCUT2D eigenvalue weighted by atomic mass is 16.5. The fourth-order valence-electron chi connectivity index (χ4n) is 3.26. The van der Waals surface area contributed by atoms with Gasteiger partial charge in [-0.25, -0.2) is 0 Å². The topological polar surface area (TPSA) is 41.6 Å². The maximum absolute atomic E-state index is 12.3. The monoisotopic (exact) mass is 288 g/mol. The fraction of sp³-hybridized carbons (Fsp3) is 0.588. The summed E-state index contributed by atoms with van der Waals surface area (Å²) in [5.41, 5.74) is 1.37. The molecule has 1 amide bonds. The van der Waals surface area contributed by atoms with Crippen molar-refractivity contribution in [3.63, 3.8) is 0 Å². The van der Waals surface area contributed by atoms with Crippen molar-refractivity contribution in [1.82, 2.24) is 10.2 Å². The molecular weight excluding hydrogens is 264 g/mol. The summed E-state index contributed by atoms with van der Waals surface area (Å²) in [6, 6.07) is 10.8. The number of hydrogen-bond donors (Lipinski definition) is 1. The van der Waals surface area contributed by atoms with Crippen LogP contribution in [0, 0.1) is 5.92 Å². The Morgan fingerprint density at radius 3 is 2.95 bits per heavy atom. The van der Waals surface area contributed by atoms with Gasteiger partial charge in [0.2, 0.25) is 5.91 Å². The van der Waals surface area contributed by atoms with Crippen LogP contribution in [-0.4, -0.2) is 49.7 Å². The third-order valence-corrected chi connectivity index (χ3v) is 4.43. The molecule has 2 saturated heterocycles. The normalized spacial score (nSPS) is 26.0. The third-order valence-electron chi connectivity index (χ3n) is 4.43. The Morgan fingerprint density at radius 1 is 1.33 bits per heavy atom. The summed E-state index contributed by atoms with van der Waals surface area (Å²) in [5.74, 6) is 0.875. The lowest BCUT2D eigenvalue weighted by molar-refractivity contribution is -0.131. The molecule has 3 rings (SSSR count). The minimum Gasteiger partial charge on any atom is -0.378 e. The van der Waals surface area contributed by atoms with Crippen LogP contribution >= 0.6 is 0 Å². The average Bonchev–Trinajstić information content (AvgIpc) is 2.98. The number of nitrogens with one attached hydrogen (secondary N) is 1. The van der Waals surface area contributed by atoms with Crippen molar-refractivity contribution in [2.75, 3.05) is 32.8 Å². The lowest BCUT2D eigenvalue weighted by Gasteiger charge is -2.25. The average molecular weight is 288 g/mol. The van der Waals surface area contributed by atoms with E-state index >= 15 is 0 Å². The maximum Gasteiger partial charge on any atom is 0.224 e. The van der Waals surface area contributed by atoms with Crippen LogP contribution in [-0.2, 0) is 16.0 Å². The highest BCUT2D eigenvalue weighted by molar-refractivity contribution is 5.77. The Kier molecular flexibility index (Phi) is 4.88. The molecule has 0 aromatic heterocycles. The van der Waals surface area contributed by atoms with Crippen molar-refractivity contribution >= 4 is 5.91 Å². The minimum atomic E-state index is 0.194. The number of ether oxygens (including phenoxy) is 1. The molecule has 2 unspecified atom stereocenters. The molecule has 2 atom stereocenters. The molecule has 2 heterocycles. The van der Waals surface area contributed by atoms with Gasteiger partial charge in [-0.05, 0) is 24.3 Å². The van der Waals surface area contributed by atoms with Crippen molar-refractivity contribution in [3.05, 3.63) is 35.9 Å². The molecule has 2 aliphatic heterocycles. The lowest BCUT2D eigenvalue weighted by Crippen LogP contribution is -2.44. The van der Waals surface area contributed by atoms with Crippen LogP contribution in [0.15, 0.2) is 30.3 Å². The molecule has 1 N–H and O–H groups in total. The number of nitrogens with zero attached hydrogens (tertiary/aromatic N) is 1. The van der Waals surface area contributed by atoms with Gasteiger partial charge in [-0.15, -0.1) is 0 Å². The second-order valence-electron chi connectivity index (χ2n) is 6.11. The van der Waals surface area contributed by atoms with Crippen LogP contribution in [0.2, 0.25) is 0 Å². The lowest BCUT2D eigenvalue weighted by atomic mass is 9.99. The summed E-state index contributed by atoms with van der Waals surface area (Å²) < 4.78 is 5.41. The zero-order chi connectivity index (χ0) is 14.5. The predicted octanol–water partition coefficient (Wildman–Crippen LogP) is 1.46. The van der Waals surface area contributed by atoms with Gasteiger partial charge in [-0.2, -0.15) is 0 Å². The second kappa shape index (κ2) is 7.05. The van der Waals surface area contributed by atoms with E-state index in [1.165, 1.54) is 5.56 Å². The van der Waals surface area contributed by atoms with Gasteiger partial charge < -0.3 is 15.0 Å². The van der Waals surface area contributed by atoms with Crippen molar-refractivity contribution < 1.29 is 9.53 Å². The number of hydrogen-bond acceptors (Lipinski definition) is 3. The molecule has 2 fully saturated rings. The smallest absolute Gasteiger partial charge is 0.224 e. The zero-order valence-corrected chi connectivity index (χ0v) is 12.5. The van der Waals surface area contributed by atoms with Crippen LogP contribution in [0.1, 0.15) is 18.4 Å². The number of morpholine rings is 1. The van der Waals surface area contributed by atoms with Crippen LogP contribution < -0.4 is 5.32 Å². The highest BCUT2D eigenvalue weighted by Gasteiger charge is 2.28. The van der Waals surface area contributed by atoms with Gasteiger partial charge >= 0.3 is 0 Å². The van der Waals surface area contributed by atoms with Crippen molar-refractivity contribution in [2.24, 2.45) is 5.92 Å². The number of carbonyl (C=O) groups excluding carboxylic acids is 1. The zero-order valence-electron chi connectivity index (χ0n) is 12.5. The number of amides is 1. The molecule has 0 bridgehead atoms. The van der Waals surface area contributed by atoms with Gasteiger partial charge in [0.15, 0.2) is 0 Å². The number of likely N-dealkylation sites (tertiary alicyclic amines) is 1. The third kappa shape index (κ3) is 4.05. The van der Waals surface area contributed by atoms with E-state index in [-0.39, 0.29) is 11.9 Å². The van der Waals surface area contributed by atoms with E-state index < -0.39 is 0 Å². The first-order valence-corrected chi connectivity index (χ1v) is 7.94. The summed E-state index contributed by atoms with van der Waals surface area (Å²) in [6.45, 7) is 4.08. The first-order valence-electron chi connectivity index (χ1n) is 7.94. The molecule has 1 aromatic carbocycles. The molecule has 0 saturated carbocycles. The minimum absolute atomic E-state index is 0.194. The first kappa shape index (κ1) is 14.5. The molecule has 0 radical (unpaired) electrons. The van der Waals surface area contributed by atoms with Crippen LogP contribution in [0.3, 0.4) is 0 Å². The van der Waals surface area contributed by atoms with Gasteiger partial charge in [0, 0.05) is 32.1 Å². The highest BCUT2D eigenvalue weighted by Crippen LogP contribution is 2.21. The van der Waals surface area contributed by atoms with Gasteiger partial charge in [0.05, 0.1) is 13.2 Å². The Balaban J connectivity index is 1.46. The molecule has 0 aliphatic carbocycles. The molecule has 0 spiro atoms. The van der Waals surface area contributed by atoms with Gasteiger partial charge in [0.1, 0.15) is 0 Å².